The lowest BCUT2D eigenvalue weighted by Gasteiger charge is -2.08. The number of nitrogens with zero attached hydrogens (tertiary/aromatic N) is 1. The van der Waals surface area contributed by atoms with Gasteiger partial charge in [-0.2, -0.15) is 0 Å². The van der Waals surface area contributed by atoms with Crippen LogP contribution in [0.4, 0.5) is 0 Å². The van der Waals surface area contributed by atoms with Crippen LogP contribution in [0.1, 0.15) is 19.4 Å². The zero-order valence-corrected chi connectivity index (χ0v) is 9.85. The molecule has 1 aromatic heterocycles. The summed E-state index contributed by atoms with van der Waals surface area (Å²) in [6.45, 7) is 5.99. The largest absolute Gasteiger partial charge is 0.475 e. The van der Waals surface area contributed by atoms with E-state index < -0.39 is 0 Å². The molecule has 1 aromatic rings. The molecule has 4 nitrogen and oxygen atoms in total. The summed E-state index contributed by atoms with van der Waals surface area (Å²) < 4.78 is 10.8. The zero-order valence-electron chi connectivity index (χ0n) is 9.85. The topological polar surface area (TPSA) is 51.6 Å². The van der Waals surface area contributed by atoms with Gasteiger partial charge in [0.25, 0.3) is 0 Å². The fourth-order valence-electron chi connectivity index (χ4n) is 1.15. The van der Waals surface area contributed by atoms with Crippen LogP contribution in [-0.4, -0.2) is 29.9 Å². The highest BCUT2D eigenvalue weighted by Gasteiger charge is 1.98. The Kier molecular flexibility index (Phi) is 5.82. The molecule has 0 aliphatic rings. The molecule has 0 amide bonds. The van der Waals surface area contributed by atoms with Gasteiger partial charge in [0.2, 0.25) is 5.88 Å². The van der Waals surface area contributed by atoms with Crippen molar-refractivity contribution in [1.82, 2.24) is 4.98 Å². The second kappa shape index (κ2) is 7.19. The summed E-state index contributed by atoms with van der Waals surface area (Å²) in [5.41, 5.74) is 0.799. The van der Waals surface area contributed by atoms with Crippen LogP contribution < -0.4 is 4.74 Å². The van der Waals surface area contributed by atoms with Gasteiger partial charge < -0.3 is 14.6 Å². The lowest BCUT2D eigenvalue weighted by molar-refractivity contribution is 0.0805. The monoisotopic (exact) mass is 225 g/mol. The van der Waals surface area contributed by atoms with Crippen molar-refractivity contribution in [2.24, 2.45) is 5.92 Å². The second-order valence-electron chi connectivity index (χ2n) is 3.98. The highest BCUT2D eigenvalue weighted by atomic mass is 16.5. The summed E-state index contributed by atoms with van der Waals surface area (Å²) in [7, 11) is 0. The van der Waals surface area contributed by atoms with Crippen LogP contribution in [0.25, 0.3) is 0 Å². The van der Waals surface area contributed by atoms with Gasteiger partial charge in [0, 0.05) is 18.9 Å². The second-order valence-corrected chi connectivity index (χ2v) is 3.98. The smallest absolute Gasteiger partial charge is 0.213 e. The zero-order chi connectivity index (χ0) is 11.8. The standard InChI is InChI=1S/C12H19NO3/c1-10(2)9-15-5-6-16-12-7-11(8-14)3-4-13-12/h3-4,7,10,14H,5-6,8-9H2,1-2H3. The molecule has 1 heterocycles. The van der Waals surface area contributed by atoms with Gasteiger partial charge in [-0.25, -0.2) is 4.98 Å². The Labute approximate surface area is 96.2 Å². The Balaban J connectivity index is 2.21. The van der Waals surface area contributed by atoms with Crippen molar-refractivity contribution in [3.05, 3.63) is 23.9 Å². The molecule has 0 fully saturated rings. The number of aliphatic hydroxyl groups is 1. The molecule has 0 aliphatic heterocycles. The number of hydrogen-bond acceptors (Lipinski definition) is 4. The van der Waals surface area contributed by atoms with Gasteiger partial charge in [-0.1, -0.05) is 13.8 Å². The first-order valence-corrected chi connectivity index (χ1v) is 5.48. The quantitative estimate of drug-likeness (QED) is 0.716. The van der Waals surface area contributed by atoms with Crippen LogP contribution >= 0.6 is 0 Å². The van der Waals surface area contributed by atoms with Gasteiger partial charge in [-0.15, -0.1) is 0 Å². The first kappa shape index (κ1) is 12.9. The van der Waals surface area contributed by atoms with Crippen LogP contribution in [0.15, 0.2) is 18.3 Å². The van der Waals surface area contributed by atoms with Crippen LogP contribution in [0.3, 0.4) is 0 Å². The van der Waals surface area contributed by atoms with Crippen molar-refractivity contribution in [2.45, 2.75) is 20.5 Å². The Hall–Kier alpha value is -1.13. The normalized spacial score (nSPS) is 10.8. The van der Waals surface area contributed by atoms with Gasteiger partial charge in [0.15, 0.2) is 0 Å². The summed E-state index contributed by atoms with van der Waals surface area (Å²) in [5, 5.41) is 8.92. The molecule has 0 spiro atoms. The summed E-state index contributed by atoms with van der Waals surface area (Å²) in [4.78, 5) is 4.03. The molecule has 0 atom stereocenters. The third-order valence-electron chi connectivity index (χ3n) is 1.91. The van der Waals surface area contributed by atoms with E-state index in [0.717, 1.165) is 12.2 Å². The average Bonchev–Trinajstić information content (AvgIpc) is 2.28. The van der Waals surface area contributed by atoms with E-state index in [1.165, 1.54) is 0 Å². The van der Waals surface area contributed by atoms with E-state index in [1.54, 1.807) is 18.3 Å². The number of aliphatic hydroxyl groups excluding tert-OH is 1. The Bertz CT molecular complexity index is 302. The summed E-state index contributed by atoms with van der Waals surface area (Å²) in [6, 6.07) is 3.48. The summed E-state index contributed by atoms with van der Waals surface area (Å²) in [6.07, 6.45) is 1.62. The van der Waals surface area contributed by atoms with Gasteiger partial charge >= 0.3 is 0 Å². The molecule has 0 bridgehead atoms. The van der Waals surface area contributed by atoms with Crippen molar-refractivity contribution in [3.63, 3.8) is 0 Å². The van der Waals surface area contributed by atoms with E-state index in [4.69, 9.17) is 14.6 Å². The third kappa shape index (κ3) is 5.09. The summed E-state index contributed by atoms with van der Waals surface area (Å²) >= 11 is 0. The van der Waals surface area contributed by atoms with Crippen LogP contribution in [0.5, 0.6) is 5.88 Å². The minimum atomic E-state index is 0.00271. The number of pyridine rings is 1. The third-order valence-corrected chi connectivity index (χ3v) is 1.91. The molecular weight excluding hydrogens is 206 g/mol. The molecule has 16 heavy (non-hydrogen) atoms. The van der Waals surface area contributed by atoms with E-state index >= 15 is 0 Å². The fourth-order valence-corrected chi connectivity index (χ4v) is 1.15. The van der Waals surface area contributed by atoms with Crippen molar-refractivity contribution in [2.75, 3.05) is 19.8 Å². The molecule has 0 unspecified atom stereocenters. The number of hydrogen-bond donors (Lipinski definition) is 1. The maximum Gasteiger partial charge on any atom is 0.213 e. The minimum Gasteiger partial charge on any atom is -0.475 e. The van der Waals surface area contributed by atoms with Crippen molar-refractivity contribution < 1.29 is 14.6 Å². The number of ether oxygens (including phenoxy) is 2. The van der Waals surface area contributed by atoms with Crippen molar-refractivity contribution >= 4 is 0 Å². The summed E-state index contributed by atoms with van der Waals surface area (Å²) in [5.74, 6) is 1.07. The molecule has 1 rings (SSSR count). The SMILES string of the molecule is CC(C)COCCOc1cc(CO)ccn1. The lowest BCUT2D eigenvalue weighted by Crippen LogP contribution is -2.10. The predicted molar refractivity (Wildman–Crippen MR) is 61.3 cm³/mol. The molecule has 1 N–H and O–H groups in total. The Morgan fingerprint density at radius 1 is 1.38 bits per heavy atom. The first-order valence-electron chi connectivity index (χ1n) is 5.48. The van der Waals surface area contributed by atoms with Gasteiger partial charge in [0.05, 0.1) is 13.2 Å². The van der Waals surface area contributed by atoms with Crippen molar-refractivity contribution in [3.8, 4) is 5.88 Å². The molecule has 0 aliphatic carbocycles. The molecular formula is C12H19NO3. The van der Waals surface area contributed by atoms with E-state index in [2.05, 4.69) is 18.8 Å². The van der Waals surface area contributed by atoms with E-state index in [9.17, 15) is 0 Å². The molecule has 90 valence electrons. The molecule has 4 heteroatoms. The highest BCUT2D eigenvalue weighted by molar-refractivity contribution is 5.19. The van der Waals surface area contributed by atoms with Gasteiger partial charge in [0.1, 0.15) is 6.61 Å². The van der Waals surface area contributed by atoms with Gasteiger partial charge in [-0.05, 0) is 17.5 Å². The van der Waals surface area contributed by atoms with Gasteiger partial charge in [-0.3, -0.25) is 0 Å². The minimum absolute atomic E-state index is 0.00271. The van der Waals surface area contributed by atoms with Crippen LogP contribution in [0, 0.1) is 5.92 Å². The van der Waals surface area contributed by atoms with Crippen LogP contribution in [0.2, 0.25) is 0 Å². The van der Waals surface area contributed by atoms with E-state index in [-0.39, 0.29) is 6.61 Å². The molecule has 0 saturated carbocycles. The number of rotatable bonds is 7. The van der Waals surface area contributed by atoms with Crippen LogP contribution in [-0.2, 0) is 11.3 Å². The van der Waals surface area contributed by atoms with E-state index in [0.29, 0.717) is 25.0 Å². The molecule has 0 aromatic carbocycles. The average molecular weight is 225 g/mol. The number of aromatic nitrogens is 1. The van der Waals surface area contributed by atoms with Crippen molar-refractivity contribution in [1.29, 1.82) is 0 Å². The Morgan fingerprint density at radius 2 is 2.19 bits per heavy atom. The maximum atomic E-state index is 8.92. The molecule has 0 radical (unpaired) electrons. The Morgan fingerprint density at radius 3 is 2.88 bits per heavy atom. The predicted octanol–water partition coefficient (Wildman–Crippen LogP) is 1.63. The first-order chi connectivity index (χ1) is 7.72. The highest BCUT2D eigenvalue weighted by Crippen LogP contribution is 2.08. The lowest BCUT2D eigenvalue weighted by atomic mass is 10.2. The van der Waals surface area contributed by atoms with E-state index in [1.807, 2.05) is 0 Å². The molecule has 0 saturated heterocycles. The maximum absolute atomic E-state index is 8.92. The fraction of sp³-hybridized carbons (Fsp3) is 0.583.